The number of rotatable bonds is 2. The first-order valence-corrected chi connectivity index (χ1v) is 8.40. The van der Waals surface area contributed by atoms with Crippen LogP contribution < -0.4 is 10.5 Å². The number of anilines is 1. The number of pyridine rings is 1. The standard InChI is InChI=1S/C20H17FN2O3/c1-22(14-9-7-13(21)8-10-14)19(25)16-18(24)15-6-2-4-12-5-3-11-23(17(12)15)20(16)26/h2,4,6-10,24H,3,5,11H2,1H3. The minimum atomic E-state index is -0.624. The number of para-hydroxylation sites is 1. The molecule has 0 fully saturated rings. The van der Waals surface area contributed by atoms with E-state index in [-0.39, 0.29) is 11.3 Å². The van der Waals surface area contributed by atoms with E-state index in [0.717, 1.165) is 18.4 Å². The van der Waals surface area contributed by atoms with Crippen molar-refractivity contribution < 1.29 is 14.3 Å². The number of halogens is 1. The molecule has 1 aliphatic rings. The average molecular weight is 352 g/mol. The van der Waals surface area contributed by atoms with Gasteiger partial charge in [-0.3, -0.25) is 9.59 Å². The van der Waals surface area contributed by atoms with Gasteiger partial charge in [0.1, 0.15) is 17.1 Å². The van der Waals surface area contributed by atoms with Crippen LogP contribution in [-0.2, 0) is 13.0 Å². The van der Waals surface area contributed by atoms with Crippen LogP contribution in [0.15, 0.2) is 47.3 Å². The molecule has 0 bridgehead atoms. The van der Waals surface area contributed by atoms with Crippen molar-refractivity contribution in [2.75, 3.05) is 11.9 Å². The Morgan fingerprint density at radius 3 is 2.65 bits per heavy atom. The van der Waals surface area contributed by atoms with Gasteiger partial charge in [-0.05, 0) is 48.7 Å². The zero-order valence-electron chi connectivity index (χ0n) is 14.2. The molecule has 1 N–H and O–H groups in total. The molecule has 0 saturated heterocycles. The number of aromatic nitrogens is 1. The quantitative estimate of drug-likeness (QED) is 0.771. The van der Waals surface area contributed by atoms with Crippen LogP contribution in [0.25, 0.3) is 10.9 Å². The van der Waals surface area contributed by atoms with Gasteiger partial charge in [-0.1, -0.05) is 12.1 Å². The SMILES string of the molecule is CN(C(=O)c1c(O)c2cccc3c2n(c1=O)CCC3)c1ccc(F)cc1. The van der Waals surface area contributed by atoms with Crippen molar-refractivity contribution >= 4 is 22.5 Å². The van der Waals surface area contributed by atoms with E-state index in [1.165, 1.54) is 36.2 Å². The third-order valence-electron chi connectivity index (χ3n) is 4.90. The Hall–Kier alpha value is -3.15. The lowest BCUT2D eigenvalue weighted by atomic mass is 9.99. The first-order chi connectivity index (χ1) is 12.5. The monoisotopic (exact) mass is 352 g/mol. The van der Waals surface area contributed by atoms with Gasteiger partial charge >= 0.3 is 0 Å². The molecule has 1 amide bonds. The van der Waals surface area contributed by atoms with Crippen LogP contribution in [-0.4, -0.2) is 22.6 Å². The third-order valence-corrected chi connectivity index (χ3v) is 4.90. The fourth-order valence-electron chi connectivity index (χ4n) is 3.56. The Morgan fingerprint density at radius 2 is 1.92 bits per heavy atom. The second-order valence-corrected chi connectivity index (χ2v) is 6.44. The lowest BCUT2D eigenvalue weighted by Gasteiger charge is -2.23. The van der Waals surface area contributed by atoms with E-state index in [1.54, 1.807) is 10.6 Å². The highest BCUT2D eigenvalue weighted by atomic mass is 19.1. The molecule has 6 heteroatoms. The van der Waals surface area contributed by atoms with E-state index in [9.17, 15) is 19.1 Å². The number of hydrogen-bond donors (Lipinski definition) is 1. The molecule has 0 unspecified atom stereocenters. The summed E-state index contributed by atoms with van der Waals surface area (Å²) in [7, 11) is 1.49. The normalized spacial score (nSPS) is 13.0. The zero-order chi connectivity index (χ0) is 18.4. The fraction of sp³-hybridized carbons (Fsp3) is 0.200. The molecule has 132 valence electrons. The molecule has 1 aromatic heterocycles. The van der Waals surface area contributed by atoms with E-state index < -0.39 is 17.3 Å². The third kappa shape index (κ3) is 2.37. The van der Waals surface area contributed by atoms with Gasteiger partial charge in [0.15, 0.2) is 0 Å². The molecule has 5 nitrogen and oxygen atoms in total. The van der Waals surface area contributed by atoms with Crippen molar-refractivity contribution in [3.63, 3.8) is 0 Å². The summed E-state index contributed by atoms with van der Waals surface area (Å²) in [5.41, 5.74) is 1.36. The van der Waals surface area contributed by atoms with E-state index >= 15 is 0 Å². The highest BCUT2D eigenvalue weighted by Crippen LogP contribution is 2.32. The second kappa shape index (κ2) is 5.98. The van der Waals surface area contributed by atoms with Crippen LogP contribution in [0.2, 0.25) is 0 Å². The molecule has 26 heavy (non-hydrogen) atoms. The number of amides is 1. The summed E-state index contributed by atoms with van der Waals surface area (Å²) in [5, 5.41) is 11.2. The molecule has 0 aliphatic carbocycles. The topological polar surface area (TPSA) is 62.5 Å². The van der Waals surface area contributed by atoms with Crippen LogP contribution in [0.3, 0.4) is 0 Å². The Balaban J connectivity index is 1.91. The molecule has 2 heterocycles. The summed E-state index contributed by atoms with van der Waals surface area (Å²) in [4.78, 5) is 27.1. The number of aromatic hydroxyl groups is 1. The van der Waals surface area contributed by atoms with Crippen LogP contribution in [0.1, 0.15) is 22.3 Å². The van der Waals surface area contributed by atoms with Crippen LogP contribution in [0.4, 0.5) is 10.1 Å². The van der Waals surface area contributed by atoms with Crippen molar-refractivity contribution in [1.82, 2.24) is 4.57 Å². The summed E-state index contributed by atoms with van der Waals surface area (Å²) < 4.78 is 14.7. The maximum Gasteiger partial charge on any atom is 0.267 e. The van der Waals surface area contributed by atoms with Gasteiger partial charge in [-0.25, -0.2) is 4.39 Å². The van der Waals surface area contributed by atoms with Gasteiger partial charge in [0.2, 0.25) is 0 Å². The molecular formula is C20H17FN2O3. The predicted molar refractivity (Wildman–Crippen MR) is 97.3 cm³/mol. The molecule has 0 radical (unpaired) electrons. The van der Waals surface area contributed by atoms with Crippen molar-refractivity contribution in [1.29, 1.82) is 0 Å². The maximum atomic E-state index is 13.1. The van der Waals surface area contributed by atoms with Gasteiger partial charge in [-0.2, -0.15) is 0 Å². The van der Waals surface area contributed by atoms with E-state index in [2.05, 4.69) is 0 Å². The predicted octanol–water partition coefficient (Wildman–Crippen LogP) is 3.07. The molecule has 3 aromatic rings. The van der Waals surface area contributed by atoms with Crippen molar-refractivity contribution in [3.8, 4) is 5.75 Å². The maximum absolute atomic E-state index is 13.1. The van der Waals surface area contributed by atoms with Gasteiger partial charge in [0.25, 0.3) is 11.5 Å². The van der Waals surface area contributed by atoms with Gasteiger partial charge < -0.3 is 14.6 Å². The molecule has 2 aromatic carbocycles. The van der Waals surface area contributed by atoms with Gasteiger partial charge in [0, 0.05) is 24.7 Å². The summed E-state index contributed by atoms with van der Waals surface area (Å²) >= 11 is 0. The molecule has 4 rings (SSSR count). The number of carbonyl (C=O) groups excluding carboxylic acids is 1. The molecule has 0 atom stereocenters. The Bertz CT molecular complexity index is 1090. The van der Waals surface area contributed by atoms with Gasteiger partial charge in [-0.15, -0.1) is 0 Å². The van der Waals surface area contributed by atoms with Crippen molar-refractivity contribution in [2.24, 2.45) is 0 Å². The summed E-state index contributed by atoms with van der Waals surface area (Å²) in [6, 6.07) is 10.8. The molecule has 0 saturated carbocycles. The van der Waals surface area contributed by atoms with Crippen molar-refractivity contribution in [2.45, 2.75) is 19.4 Å². The van der Waals surface area contributed by atoms with E-state index in [1.807, 2.05) is 12.1 Å². The lowest BCUT2D eigenvalue weighted by Crippen LogP contribution is -2.35. The lowest BCUT2D eigenvalue weighted by molar-refractivity contribution is 0.0988. The fourth-order valence-corrected chi connectivity index (χ4v) is 3.56. The highest BCUT2D eigenvalue weighted by molar-refractivity contribution is 6.10. The second-order valence-electron chi connectivity index (χ2n) is 6.44. The first-order valence-electron chi connectivity index (χ1n) is 8.40. The van der Waals surface area contributed by atoms with Crippen LogP contribution >= 0.6 is 0 Å². The average Bonchev–Trinajstić information content (AvgIpc) is 2.66. The minimum absolute atomic E-state index is 0.261. The zero-order valence-corrected chi connectivity index (χ0v) is 14.2. The summed E-state index contributed by atoms with van der Waals surface area (Å²) in [5.74, 6) is -1.34. The Kier molecular flexibility index (Phi) is 3.76. The number of aryl methyl sites for hydroxylation is 2. The van der Waals surface area contributed by atoms with E-state index in [0.29, 0.717) is 23.1 Å². The number of carbonyl (C=O) groups is 1. The molecule has 0 spiro atoms. The number of nitrogens with zero attached hydrogens (tertiary/aromatic N) is 2. The van der Waals surface area contributed by atoms with Gasteiger partial charge in [0.05, 0.1) is 5.52 Å². The molecular weight excluding hydrogens is 335 g/mol. The Morgan fingerprint density at radius 1 is 1.19 bits per heavy atom. The van der Waals surface area contributed by atoms with Crippen molar-refractivity contribution in [3.05, 3.63) is 69.8 Å². The van der Waals surface area contributed by atoms with Crippen LogP contribution in [0, 0.1) is 5.82 Å². The summed E-state index contributed by atoms with van der Waals surface area (Å²) in [6.07, 6.45) is 1.64. The van der Waals surface area contributed by atoms with Crippen LogP contribution in [0.5, 0.6) is 5.75 Å². The van der Waals surface area contributed by atoms with E-state index in [4.69, 9.17) is 0 Å². The summed E-state index contributed by atoms with van der Waals surface area (Å²) in [6.45, 7) is 0.507. The molecule has 1 aliphatic heterocycles. The number of hydrogen-bond acceptors (Lipinski definition) is 3. The minimum Gasteiger partial charge on any atom is -0.506 e. The highest BCUT2D eigenvalue weighted by Gasteiger charge is 2.27. The largest absolute Gasteiger partial charge is 0.506 e. The number of benzene rings is 2. The first kappa shape index (κ1) is 16.3. The smallest absolute Gasteiger partial charge is 0.267 e. The Labute approximate surface area is 148 Å².